The molecule has 0 radical (unpaired) electrons. The Bertz CT molecular complexity index is 600. The van der Waals surface area contributed by atoms with E-state index in [0.29, 0.717) is 18.2 Å². The highest BCUT2D eigenvalue weighted by Crippen LogP contribution is 2.37. The average Bonchev–Trinajstić information content (AvgIpc) is 3.02. The zero-order valence-electron chi connectivity index (χ0n) is 9.73. The van der Waals surface area contributed by atoms with Crippen molar-refractivity contribution >= 4 is 42.6 Å². The lowest BCUT2D eigenvalue weighted by molar-refractivity contribution is 0.102. The standard InChI is InChI=1S/C13H13BrN2OS/c14-7-1-3-9-12(5-7)18-13(15-9)16-10-6-8-2-4-11(10)17-8/h1,3,5,8,10-11H,2,4,6H2,(H,15,16). The minimum absolute atomic E-state index is 0.397. The molecule has 2 aliphatic heterocycles. The Morgan fingerprint density at radius 2 is 2.33 bits per heavy atom. The van der Waals surface area contributed by atoms with Gasteiger partial charge in [-0.25, -0.2) is 4.98 Å². The Morgan fingerprint density at radius 1 is 1.39 bits per heavy atom. The van der Waals surface area contributed by atoms with Crippen LogP contribution < -0.4 is 5.32 Å². The minimum atomic E-state index is 0.397. The van der Waals surface area contributed by atoms with E-state index in [1.54, 1.807) is 11.3 Å². The summed E-state index contributed by atoms with van der Waals surface area (Å²) in [7, 11) is 0. The topological polar surface area (TPSA) is 34.2 Å². The van der Waals surface area contributed by atoms with E-state index in [9.17, 15) is 0 Å². The van der Waals surface area contributed by atoms with Crippen LogP contribution >= 0.6 is 27.3 Å². The van der Waals surface area contributed by atoms with Crippen LogP contribution in [0.2, 0.25) is 0 Å². The molecule has 2 aromatic rings. The molecule has 3 heterocycles. The normalized spacial score (nSPS) is 30.2. The third-order valence-corrected chi connectivity index (χ3v) is 5.21. The fraction of sp³-hybridized carbons (Fsp3) is 0.462. The van der Waals surface area contributed by atoms with Gasteiger partial charge in [-0.05, 0) is 37.5 Å². The van der Waals surface area contributed by atoms with E-state index in [2.05, 4.69) is 38.4 Å². The first-order valence-electron chi connectivity index (χ1n) is 6.26. The Morgan fingerprint density at radius 3 is 3.11 bits per heavy atom. The number of nitrogens with zero attached hydrogens (tertiary/aromatic N) is 1. The summed E-state index contributed by atoms with van der Waals surface area (Å²) < 4.78 is 8.18. The van der Waals surface area contributed by atoms with Gasteiger partial charge in [-0.15, -0.1) is 0 Å². The molecule has 2 aliphatic rings. The molecular weight excluding hydrogens is 312 g/mol. The Kier molecular flexibility index (Phi) is 2.60. The van der Waals surface area contributed by atoms with Gasteiger partial charge in [0.2, 0.25) is 0 Å². The molecule has 0 amide bonds. The molecule has 3 nitrogen and oxygen atoms in total. The second-order valence-electron chi connectivity index (χ2n) is 4.99. The molecule has 3 unspecified atom stereocenters. The summed E-state index contributed by atoms with van der Waals surface area (Å²) in [5.74, 6) is 0. The number of anilines is 1. The monoisotopic (exact) mass is 324 g/mol. The molecule has 0 aliphatic carbocycles. The maximum Gasteiger partial charge on any atom is 0.184 e. The lowest BCUT2D eigenvalue weighted by Crippen LogP contribution is -2.30. The zero-order valence-corrected chi connectivity index (χ0v) is 12.1. The predicted molar refractivity (Wildman–Crippen MR) is 77.2 cm³/mol. The SMILES string of the molecule is Brc1ccc2nc(NC3CC4CCC3O4)sc2c1. The maximum absolute atomic E-state index is 5.86. The van der Waals surface area contributed by atoms with E-state index < -0.39 is 0 Å². The average molecular weight is 325 g/mol. The molecular formula is C13H13BrN2OS. The Labute approximate surface area is 118 Å². The minimum Gasteiger partial charge on any atom is -0.373 e. The third-order valence-electron chi connectivity index (χ3n) is 3.77. The van der Waals surface area contributed by atoms with Crippen LogP contribution in [0.3, 0.4) is 0 Å². The van der Waals surface area contributed by atoms with Crippen molar-refractivity contribution in [3.8, 4) is 0 Å². The van der Waals surface area contributed by atoms with Gasteiger partial charge in [-0.2, -0.15) is 0 Å². The maximum atomic E-state index is 5.86. The second-order valence-corrected chi connectivity index (χ2v) is 6.94. The van der Waals surface area contributed by atoms with Crippen molar-refractivity contribution in [3.05, 3.63) is 22.7 Å². The molecule has 0 saturated carbocycles. The van der Waals surface area contributed by atoms with Crippen LogP contribution in [0.15, 0.2) is 22.7 Å². The van der Waals surface area contributed by atoms with Crippen LogP contribution in [0.1, 0.15) is 19.3 Å². The molecule has 1 aromatic carbocycles. The second kappa shape index (κ2) is 4.18. The number of aromatic nitrogens is 1. The number of fused-ring (bicyclic) bond motifs is 3. The van der Waals surface area contributed by atoms with Crippen molar-refractivity contribution in [1.82, 2.24) is 4.98 Å². The molecule has 5 heteroatoms. The number of benzene rings is 1. The summed E-state index contributed by atoms with van der Waals surface area (Å²) >= 11 is 5.21. The Balaban J connectivity index is 1.59. The van der Waals surface area contributed by atoms with Gasteiger partial charge in [0, 0.05) is 4.47 Å². The highest BCUT2D eigenvalue weighted by atomic mass is 79.9. The van der Waals surface area contributed by atoms with Crippen LogP contribution in [-0.4, -0.2) is 23.2 Å². The smallest absolute Gasteiger partial charge is 0.184 e. The van der Waals surface area contributed by atoms with E-state index in [4.69, 9.17) is 4.74 Å². The van der Waals surface area contributed by atoms with E-state index in [-0.39, 0.29) is 0 Å². The van der Waals surface area contributed by atoms with Gasteiger partial charge in [0.1, 0.15) is 0 Å². The molecule has 94 valence electrons. The van der Waals surface area contributed by atoms with E-state index in [1.165, 1.54) is 17.5 Å². The third kappa shape index (κ3) is 1.85. The van der Waals surface area contributed by atoms with Crippen LogP contribution in [0.25, 0.3) is 10.2 Å². The number of ether oxygens (including phenoxy) is 1. The summed E-state index contributed by atoms with van der Waals surface area (Å²) in [6.45, 7) is 0. The van der Waals surface area contributed by atoms with Crippen LogP contribution in [0.4, 0.5) is 5.13 Å². The first kappa shape index (κ1) is 11.2. The van der Waals surface area contributed by atoms with Crippen LogP contribution in [-0.2, 0) is 4.74 Å². The molecule has 18 heavy (non-hydrogen) atoms. The van der Waals surface area contributed by atoms with Crippen molar-refractivity contribution in [1.29, 1.82) is 0 Å². The molecule has 1 aromatic heterocycles. The fourth-order valence-corrected chi connectivity index (χ4v) is 4.39. The van der Waals surface area contributed by atoms with Gasteiger partial charge in [0.15, 0.2) is 5.13 Å². The first-order chi connectivity index (χ1) is 8.78. The van der Waals surface area contributed by atoms with Gasteiger partial charge >= 0.3 is 0 Å². The highest BCUT2D eigenvalue weighted by Gasteiger charge is 2.40. The largest absolute Gasteiger partial charge is 0.373 e. The summed E-state index contributed by atoms with van der Waals surface area (Å²) in [4.78, 5) is 4.63. The molecule has 2 fully saturated rings. The molecule has 1 N–H and O–H groups in total. The first-order valence-corrected chi connectivity index (χ1v) is 7.87. The number of hydrogen-bond donors (Lipinski definition) is 1. The number of rotatable bonds is 2. The van der Waals surface area contributed by atoms with E-state index >= 15 is 0 Å². The quantitative estimate of drug-likeness (QED) is 0.912. The van der Waals surface area contributed by atoms with Crippen molar-refractivity contribution < 1.29 is 4.74 Å². The van der Waals surface area contributed by atoms with Gasteiger partial charge in [0.05, 0.1) is 28.5 Å². The van der Waals surface area contributed by atoms with Gasteiger partial charge in [0.25, 0.3) is 0 Å². The summed E-state index contributed by atoms with van der Waals surface area (Å²) in [6.07, 6.45) is 4.43. The van der Waals surface area contributed by atoms with Crippen molar-refractivity contribution in [2.24, 2.45) is 0 Å². The van der Waals surface area contributed by atoms with Crippen molar-refractivity contribution in [2.75, 3.05) is 5.32 Å². The van der Waals surface area contributed by atoms with E-state index in [0.717, 1.165) is 21.5 Å². The van der Waals surface area contributed by atoms with Crippen LogP contribution in [0.5, 0.6) is 0 Å². The molecule has 2 bridgehead atoms. The number of nitrogens with one attached hydrogen (secondary N) is 1. The highest BCUT2D eigenvalue weighted by molar-refractivity contribution is 9.10. The summed E-state index contributed by atoms with van der Waals surface area (Å²) in [5.41, 5.74) is 1.06. The van der Waals surface area contributed by atoms with Crippen molar-refractivity contribution in [2.45, 2.75) is 37.5 Å². The Hall–Kier alpha value is -0.650. The molecule has 0 spiro atoms. The van der Waals surface area contributed by atoms with Crippen LogP contribution in [0, 0.1) is 0 Å². The molecule has 3 atom stereocenters. The molecule has 4 rings (SSSR count). The lowest BCUT2D eigenvalue weighted by atomic mass is 9.96. The lowest BCUT2D eigenvalue weighted by Gasteiger charge is -2.19. The number of hydrogen-bond acceptors (Lipinski definition) is 4. The molecule has 2 saturated heterocycles. The van der Waals surface area contributed by atoms with Gasteiger partial charge < -0.3 is 10.1 Å². The summed E-state index contributed by atoms with van der Waals surface area (Å²) in [5, 5.41) is 4.57. The van der Waals surface area contributed by atoms with Crippen molar-refractivity contribution in [3.63, 3.8) is 0 Å². The fourth-order valence-electron chi connectivity index (χ4n) is 2.91. The number of thiazole rings is 1. The van der Waals surface area contributed by atoms with Gasteiger partial charge in [-0.1, -0.05) is 27.3 Å². The van der Waals surface area contributed by atoms with E-state index in [1.807, 2.05) is 6.07 Å². The summed E-state index contributed by atoms with van der Waals surface area (Å²) in [6, 6.07) is 6.66. The zero-order chi connectivity index (χ0) is 12.1. The van der Waals surface area contributed by atoms with Gasteiger partial charge in [-0.3, -0.25) is 0 Å². The predicted octanol–water partition coefficient (Wildman–Crippen LogP) is 3.79. The number of halogens is 1.